The molecule has 47 heavy (non-hydrogen) atoms. The summed E-state index contributed by atoms with van der Waals surface area (Å²) in [6, 6.07) is 58.8. The van der Waals surface area contributed by atoms with Crippen LogP contribution in [0.1, 0.15) is 0 Å². The molecule has 0 aliphatic heterocycles. The van der Waals surface area contributed by atoms with Crippen LogP contribution in [0.5, 0.6) is 0 Å². The number of rotatable bonds is 4. The maximum atomic E-state index is 6.66. The number of furan rings is 1. The van der Waals surface area contributed by atoms with Crippen molar-refractivity contribution in [3.05, 3.63) is 164 Å². The lowest BCUT2D eigenvalue weighted by Crippen LogP contribution is -1.92. The average Bonchev–Trinajstić information content (AvgIpc) is 3.80. The Labute approximate surface area is 275 Å². The summed E-state index contributed by atoms with van der Waals surface area (Å²) in [5.74, 6) is 0. The molecule has 0 aliphatic carbocycles. The van der Waals surface area contributed by atoms with Crippen LogP contribution in [-0.2, 0) is 0 Å². The van der Waals surface area contributed by atoms with Crippen LogP contribution in [0.3, 0.4) is 0 Å². The molecule has 10 aromatic rings. The number of aromatic nitrogens is 1. The lowest BCUT2D eigenvalue weighted by atomic mass is 9.97. The normalized spacial score (nSPS) is 11.8. The summed E-state index contributed by atoms with van der Waals surface area (Å²) in [7, 11) is 0. The number of nitrogens with zero attached hydrogens (tertiary/aromatic N) is 1. The van der Waals surface area contributed by atoms with E-state index in [1.54, 1.807) is 0 Å². The van der Waals surface area contributed by atoms with Gasteiger partial charge in [0.15, 0.2) is 5.58 Å². The van der Waals surface area contributed by atoms with Crippen LogP contribution in [0.25, 0.3) is 92.2 Å². The van der Waals surface area contributed by atoms with E-state index in [0.29, 0.717) is 0 Å². The van der Waals surface area contributed by atoms with Gasteiger partial charge in [-0.25, -0.2) is 0 Å². The second-order valence-corrected chi connectivity index (χ2v) is 13.2. The van der Waals surface area contributed by atoms with Crippen molar-refractivity contribution >= 4 is 64.5 Å². The van der Waals surface area contributed by atoms with Gasteiger partial charge in [-0.1, -0.05) is 109 Å². The molecule has 3 heteroatoms. The van der Waals surface area contributed by atoms with Crippen molar-refractivity contribution in [1.82, 2.24) is 4.57 Å². The summed E-state index contributed by atoms with van der Waals surface area (Å²) in [6.07, 6.45) is 0. The predicted octanol–water partition coefficient (Wildman–Crippen LogP) is 12.9. The van der Waals surface area contributed by atoms with Gasteiger partial charge < -0.3 is 8.98 Å². The zero-order valence-electron chi connectivity index (χ0n) is 25.4. The third kappa shape index (κ3) is 4.10. The maximum absolute atomic E-state index is 6.66. The average molecular weight is 618 g/mol. The number of fused-ring (bicyclic) bond motifs is 8. The van der Waals surface area contributed by atoms with Crippen LogP contribution in [0.15, 0.2) is 168 Å². The van der Waals surface area contributed by atoms with Crippen LogP contribution in [-0.4, -0.2) is 4.57 Å². The van der Waals surface area contributed by atoms with Gasteiger partial charge in [0.25, 0.3) is 0 Å². The van der Waals surface area contributed by atoms with Crippen LogP contribution in [0.4, 0.5) is 0 Å². The van der Waals surface area contributed by atoms with Gasteiger partial charge in [-0.3, -0.25) is 0 Å². The van der Waals surface area contributed by atoms with Gasteiger partial charge in [-0.15, -0.1) is 11.3 Å². The van der Waals surface area contributed by atoms with E-state index in [1.807, 2.05) is 11.3 Å². The van der Waals surface area contributed by atoms with Crippen LogP contribution in [0, 0.1) is 0 Å². The molecule has 0 N–H and O–H groups in total. The number of thiophene rings is 1. The minimum absolute atomic E-state index is 0.897. The second-order valence-electron chi connectivity index (χ2n) is 12.1. The Morgan fingerprint density at radius 3 is 2.02 bits per heavy atom. The zero-order valence-corrected chi connectivity index (χ0v) is 26.2. The molecule has 0 spiro atoms. The molecule has 10 rings (SSSR count). The quantitative estimate of drug-likeness (QED) is 0.192. The van der Waals surface area contributed by atoms with E-state index in [0.717, 1.165) is 44.2 Å². The minimum Gasteiger partial charge on any atom is -0.454 e. The third-order valence-electron chi connectivity index (χ3n) is 9.40. The van der Waals surface area contributed by atoms with Crippen molar-refractivity contribution in [2.75, 3.05) is 0 Å². The van der Waals surface area contributed by atoms with Gasteiger partial charge in [0.05, 0.1) is 5.52 Å². The monoisotopic (exact) mass is 617 g/mol. The van der Waals surface area contributed by atoms with Crippen molar-refractivity contribution in [3.8, 4) is 39.1 Å². The van der Waals surface area contributed by atoms with Gasteiger partial charge in [-0.05, 0) is 88.0 Å². The summed E-state index contributed by atoms with van der Waals surface area (Å²) >= 11 is 1.88. The van der Waals surface area contributed by atoms with E-state index in [2.05, 4.69) is 168 Å². The number of benzene rings is 7. The van der Waals surface area contributed by atoms with Crippen molar-refractivity contribution < 1.29 is 4.42 Å². The SMILES string of the molecule is c1ccc(-c2ccc3sc4c(-c5cccc(-c6ccc7c(c6)oc6c8ccccc8n(-c8ccccc8)c76)c5)cccc4c3c2)cc1. The molecule has 0 radical (unpaired) electrons. The molecule has 7 aromatic carbocycles. The molecule has 0 bridgehead atoms. The third-order valence-corrected chi connectivity index (χ3v) is 10.6. The summed E-state index contributed by atoms with van der Waals surface area (Å²) < 4.78 is 11.6. The zero-order chi connectivity index (χ0) is 30.9. The van der Waals surface area contributed by atoms with Gasteiger partial charge in [0.1, 0.15) is 11.1 Å². The van der Waals surface area contributed by atoms with Crippen molar-refractivity contribution in [2.24, 2.45) is 0 Å². The largest absolute Gasteiger partial charge is 0.454 e. The Hall–Kier alpha value is -5.90. The van der Waals surface area contributed by atoms with Crippen LogP contribution in [0.2, 0.25) is 0 Å². The Balaban J connectivity index is 1.10. The molecule has 0 aliphatic rings. The van der Waals surface area contributed by atoms with Crippen molar-refractivity contribution in [2.45, 2.75) is 0 Å². The number of hydrogen-bond acceptors (Lipinski definition) is 2. The van der Waals surface area contributed by atoms with E-state index in [4.69, 9.17) is 4.42 Å². The molecule has 0 atom stereocenters. The number of hydrogen-bond donors (Lipinski definition) is 0. The minimum atomic E-state index is 0.897. The highest BCUT2D eigenvalue weighted by atomic mass is 32.1. The summed E-state index contributed by atoms with van der Waals surface area (Å²) in [5.41, 5.74) is 12.5. The van der Waals surface area contributed by atoms with Crippen molar-refractivity contribution in [3.63, 3.8) is 0 Å². The summed E-state index contributed by atoms with van der Waals surface area (Å²) in [4.78, 5) is 0. The van der Waals surface area contributed by atoms with Gasteiger partial charge in [-0.2, -0.15) is 0 Å². The Morgan fingerprint density at radius 1 is 0.447 bits per heavy atom. The first-order valence-corrected chi connectivity index (χ1v) is 16.7. The van der Waals surface area contributed by atoms with Crippen LogP contribution >= 0.6 is 11.3 Å². The highest BCUT2D eigenvalue weighted by Crippen LogP contribution is 2.43. The van der Waals surface area contributed by atoms with Crippen molar-refractivity contribution in [1.29, 1.82) is 0 Å². The topological polar surface area (TPSA) is 18.1 Å². The molecule has 0 saturated carbocycles. The maximum Gasteiger partial charge on any atom is 0.161 e. The van der Waals surface area contributed by atoms with E-state index in [9.17, 15) is 0 Å². The molecule has 220 valence electrons. The smallest absolute Gasteiger partial charge is 0.161 e. The molecule has 3 heterocycles. The van der Waals surface area contributed by atoms with E-state index in [1.165, 1.54) is 48.0 Å². The fraction of sp³-hybridized carbons (Fsp3) is 0. The summed E-state index contributed by atoms with van der Waals surface area (Å²) in [5, 5.41) is 4.86. The molecular formula is C44H27NOS. The van der Waals surface area contributed by atoms with Crippen LogP contribution < -0.4 is 0 Å². The van der Waals surface area contributed by atoms with Gasteiger partial charge in [0.2, 0.25) is 0 Å². The molecule has 2 nitrogen and oxygen atoms in total. The highest BCUT2D eigenvalue weighted by molar-refractivity contribution is 7.26. The van der Waals surface area contributed by atoms with Gasteiger partial charge >= 0.3 is 0 Å². The fourth-order valence-corrected chi connectivity index (χ4v) is 8.41. The standard InChI is InChI=1S/C44H27NOS/c1-3-11-28(12-4-1)30-22-24-41-38(26-30)35-19-10-18-34(44(35)47-41)32-14-9-13-29(25-32)31-21-23-37-40(27-31)46-43-36-17-7-8-20-39(36)45(42(37)43)33-15-5-2-6-16-33/h1-27H. The molecule has 0 fully saturated rings. The Kier molecular flexibility index (Phi) is 5.78. The first-order valence-electron chi connectivity index (χ1n) is 15.9. The Morgan fingerprint density at radius 2 is 1.13 bits per heavy atom. The van der Waals surface area contributed by atoms with E-state index >= 15 is 0 Å². The first kappa shape index (κ1) is 26.3. The number of para-hydroxylation sites is 2. The predicted molar refractivity (Wildman–Crippen MR) is 200 cm³/mol. The van der Waals surface area contributed by atoms with E-state index < -0.39 is 0 Å². The fourth-order valence-electron chi connectivity index (χ4n) is 7.20. The Bertz CT molecular complexity index is 2780. The second kappa shape index (κ2) is 10.3. The molecular weight excluding hydrogens is 591 g/mol. The summed E-state index contributed by atoms with van der Waals surface area (Å²) in [6.45, 7) is 0. The lowest BCUT2D eigenvalue weighted by Gasteiger charge is -2.09. The molecule has 0 amide bonds. The molecule has 0 saturated heterocycles. The molecule has 3 aromatic heterocycles. The first-order chi connectivity index (χ1) is 23.3. The highest BCUT2D eigenvalue weighted by Gasteiger charge is 2.20. The lowest BCUT2D eigenvalue weighted by molar-refractivity contribution is 0.673. The van der Waals surface area contributed by atoms with E-state index in [-0.39, 0.29) is 0 Å². The molecule has 0 unspecified atom stereocenters. The van der Waals surface area contributed by atoms with Gasteiger partial charge in [0, 0.05) is 36.6 Å².